The molecule has 6 nitrogen and oxygen atoms in total. The minimum absolute atomic E-state index is 0.123. The number of sulfonamides is 1. The number of hydrogen-bond acceptors (Lipinski definition) is 5. The first-order valence-corrected chi connectivity index (χ1v) is 10.3. The van der Waals surface area contributed by atoms with Crippen LogP contribution in [-0.4, -0.2) is 27.8 Å². The van der Waals surface area contributed by atoms with E-state index in [0.29, 0.717) is 18.1 Å². The summed E-state index contributed by atoms with van der Waals surface area (Å²) in [4.78, 5) is 2.41. The van der Waals surface area contributed by atoms with Gasteiger partial charge in [0.05, 0.1) is 24.3 Å². The van der Waals surface area contributed by atoms with E-state index >= 15 is 0 Å². The van der Waals surface area contributed by atoms with Crippen molar-refractivity contribution in [2.24, 2.45) is 5.10 Å². The van der Waals surface area contributed by atoms with E-state index < -0.39 is 10.0 Å². The van der Waals surface area contributed by atoms with Gasteiger partial charge in [0.2, 0.25) is 0 Å². The summed E-state index contributed by atoms with van der Waals surface area (Å²) in [6.45, 7) is 4.14. The Hall–Kier alpha value is -3.06. The lowest BCUT2D eigenvalue weighted by molar-refractivity contribution is 0.340. The van der Waals surface area contributed by atoms with Crippen LogP contribution >= 0.6 is 0 Å². The third kappa shape index (κ3) is 4.43. The highest BCUT2D eigenvalue weighted by Crippen LogP contribution is 2.22. The van der Waals surface area contributed by atoms with Gasteiger partial charge in [0.1, 0.15) is 11.5 Å². The molecule has 7 heteroatoms. The van der Waals surface area contributed by atoms with Gasteiger partial charge in [-0.3, -0.25) is 0 Å². The second kappa shape index (κ2) is 8.31. The predicted octanol–water partition coefficient (Wildman–Crippen LogP) is 3.95. The van der Waals surface area contributed by atoms with Gasteiger partial charge in [-0.2, -0.15) is 18.4 Å². The molecule has 0 radical (unpaired) electrons. The van der Waals surface area contributed by atoms with Crippen molar-refractivity contribution in [1.82, 2.24) is 4.83 Å². The first-order chi connectivity index (χ1) is 13.4. The third-order valence-electron chi connectivity index (χ3n) is 4.24. The largest absolute Gasteiger partial charge is 0.497 e. The van der Waals surface area contributed by atoms with Gasteiger partial charge in [0, 0.05) is 0 Å². The van der Waals surface area contributed by atoms with E-state index in [2.05, 4.69) is 9.93 Å². The Morgan fingerprint density at radius 1 is 0.964 bits per heavy atom. The van der Waals surface area contributed by atoms with Crippen molar-refractivity contribution in [2.75, 3.05) is 13.7 Å². The van der Waals surface area contributed by atoms with Crippen LogP contribution in [0.15, 0.2) is 70.7 Å². The van der Waals surface area contributed by atoms with Crippen molar-refractivity contribution in [3.63, 3.8) is 0 Å². The molecule has 0 unspecified atom stereocenters. The molecule has 0 amide bonds. The number of nitrogens with one attached hydrogen (secondary N) is 1. The van der Waals surface area contributed by atoms with Gasteiger partial charge in [-0.05, 0) is 72.6 Å². The number of benzene rings is 3. The average molecular weight is 398 g/mol. The quantitative estimate of drug-likeness (QED) is 0.483. The van der Waals surface area contributed by atoms with E-state index in [1.165, 1.54) is 12.1 Å². The molecule has 1 N–H and O–H groups in total. The van der Waals surface area contributed by atoms with Crippen molar-refractivity contribution < 1.29 is 17.9 Å². The fraction of sp³-hybridized carbons (Fsp3) is 0.190. The van der Waals surface area contributed by atoms with E-state index in [9.17, 15) is 8.42 Å². The molecule has 3 aromatic carbocycles. The highest BCUT2D eigenvalue weighted by Gasteiger charge is 2.13. The number of hydrazone groups is 1. The molecule has 0 saturated carbocycles. The summed E-state index contributed by atoms with van der Waals surface area (Å²) in [6.07, 6.45) is 0. The lowest BCUT2D eigenvalue weighted by Crippen LogP contribution is -2.20. The first kappa shape index (κ1) is 19.7. The Labute approximate surface area is 164 Å². The molecule has 146 valence electrons. The Morgan fingerprint density at radius 3 is 2.29 bits per heavy atom. The standard InChI is InChI=1S/C21H22N2O4S/c1-4-27-19-9-11-21(12-10-19)28(24,25)23-22-15(2)16-5-6-18-14-20(26-3)8-7-17(18)13-16/h5-14,23H,4H2,1-3H3/b22-15+. The molecule has 3 rings (SSSR count). The Morgan fingerprint density at radius 2 is 1.61 bits per heavy atom. The molecule has 28 heavy (non-hydrogen) atoms. The molecule has 0 atom stereocenters. The van der Waals surface area contributed by atoms with Crippen LogP contribution in [0.25, 0.3) is 10.8 Å². The lowest BCUT2D eigenvalue weighted by atomic mass is 10.0. The van der Waals surface area contributed by atoms with Crippen LogP contribution in [0.4, 0.5) is 0 Å². The monoisotopic (exact) mass is 398 g/mol. The summed E-state index contributed by atoms with van der Waals surface area (Å²) < 4.78 is 35.5. The van der Waals surface area contributed by atoms with Gasteiger partial charge in [-0.15, -0.1) is 0 Å². The highest BCUT2D eigenvalue weighted by molar-refractivity contribution is 7.89. The Balaban J connectivity index is 1.79. The van der Waals surface area contributed by atoms with Gasteiger partial charge in [0.15, 0.2) is 0 Å². The zero-order valence-corrected chi connectivity index (χ0v) is 16.8. The molecule has 0 aromatic heterocycles. The number of hydrogen-bond donors (Lipinski definition) is 1. The van der Waals surface area contributed by atoms with Crippen LogP contribution in [-0.2, 0) is 10.0 Å². The van der Waals surface area contributed by atoms with Crippen LogP contribution in [0.3, 0.4) is 0 Å². The summed E-state index contributed by atoms with van der Waals surface area (Å²) >= 11 is 0. The molecule has 0 heterocycles. The van der Waals surface area contributed by atoms with Gasteiger partial charge in [-0.25, -0.2) is 0 Å². The molecule has 0 aliphatic heterocycles. The summed E-state index contributed by atoms with van der Waals surface area (Å²) in [5.74, 6) is 1.41. The fourth-order valence-corrected chi connectivity index (χ4v) is 3.56. The van der Waals surface area contributed by atoms with Gasteiger partial charge in [0.25, 0.3) is 10.0 Å². The predicted molar refractivity (Wildman–Crippen MR) is 111 cm³/mol. The smallest absolute Gasteiger partial charge is 0.276 e. The highest BCUT2D eigenvalue weighted by atomic mass is 32.2. The molecule has 0 aliphatic rings. The molecule has 0 bridgehead atoms. The van der Waals surface area contributed by atoms with Crippen molar-refractivity contribution >= 4 is 26.5 Å². The maximum absolute atomic E-state index is 12.4. The van der Waals surface area contributed by atoms with Crippen LogP contribution in [0.2, 0.25) is 0 Å². The first-order valence-electron chi connectivity index (χ1n) is 8.80. The maximum Gasteiger partial charge on any atom is 0.276 e. The fourth-order valence-electron chi connectivity index (χ4n) is 2.70. The minimum atomic E-state index is -3.76. The molecule has 0 fully saturated rings. The SMILES string of the molecule is CCOc1ccc(S(=O)(=O)N/N=C(\C)c2ccc3cc(OC)ccc3c2)cc1. The van der Waals surface area contributed by atoms with E-state index in [1.54, 1.807) is 26.2 Å². The van der Waals surface area contributed by atoms with E-state index in [-0.39, 0.29) is 4.90 Å². The number of fused-ring (bicyclic) bond motifs is 1. The minimum Gasteiger partial charge on any atom is -0.497 e. The zero-order chi connectivity index (χ0) is 20.1. The van der Waals surface area contributed by atoms with Crippen molar-refractivity contribution in [3.05, 3.63) is 66.2 Å². The molecular weight excluding hydrogens is 376 g/mol. The van der Waals surface area contributed by atoms with Crippen molar-refractivity contribution in [1.29, 1.82) is 0 Å². The molecule has 0 aliphatic carbocycles. The summed E-state index contributed by atoms with van der Waals surface area (Å²) in [5.41, 5.74) is 1.39. The number of nitrogens with zero attached hydrogens (tertiary/aromatic N) is 1. The second-order valence-electron chi connectivity index (χ2n) is 6.12. The maximum atomic E-state index is 12.4. The van der Waals surface area contributed by atoms with Crippen molar-refractivity contribution in [2.45, 2.75) is 18.7 Å². The van der Waals surface area contributed by atoms with Crippen LogP contribution in [0.1, 0.15) is 19.4 Å². The Bertz CT molecular complexity index is 1110. The topological polar surface area (TPSA) is 77.0 Å². The van der Waals surface area contributed by atoms with Crippen LogP contribution in [0, 0.1) is 0 Å². The van der Waals surface area contributed by atoms with Gasteiger partial charge < -0.3 is 9.47 Å². The van der Waals surface area contributed by atoms with Gasteiger partial charge in [-0.1, -0.05) is 18.2 Å². The van der Waals surface area contributed by atoms with E-state index in [1.807, 2.05) is 43.3 Å². The lowest BCUT2D eigenvalue weighted by Gasteiger charge is -2.08. The normalized spacial score (nSPS) is 12.0. The number of ether oxygens (including phenoxy) is 2. The molecule has 0 saturated heterocycles. The third-order valence-corrected chi connectivity index (χ3v) is 5.47. The summed E-state index contributed by atoms with van der Waals surface area (Å²) in [6, 6.07) is 17.8. The summed E-state index contributed by atoms with van der Waals surface area (Å²) in [5, 5.41) is 6.11. The number of rotatable bonds is 7. The molecule has 3 aromatic rings. The molecule has 0 spiro atoms. The van der Waals surface area contributed by atoms with Crippen molar-refractivity contribution in [3.8, 4) is 11.5 Å². The Kier molecular flexibility index (Phi) is 5.84. The van der Waals surface area contributed by atoms with Crippen LogP contribution < -0.4 is 14.3 Å². The van der Waals surface area contributed by atoms with E-state index in [0.717, 1.165) is 22.1 Å². The summed E-state index contributed by atoms with van der Waals surface area (Å²) in [7, 11) is -2.13. The number of methoxy groups -OCH3 is 1. The zero-order valence-electron chi connectivity index (χ0n) is 16.0. The average Bonchev–Trinajstić information content (AvgIpc) is 2.72. The molecular formula is C21H22N2O4S. The van der Waals surface area contributed by atoms with E-state index in [4.69, 9.17) is 9.47 Å². The van der Waals surface area contributed by atoms with Crippen LogP contribution in [0.5, 0.6) is 11.5 Å². The second-order valence-corrected chi connectivity index (χ2v) is 7.79. The van der Waals surface area contributed by atoms with Gasteiger partial charge >= 0.3 is 0 Å².